The molecule has 0 aliphatic carbocycles. The number of halogens is 4. The quantitative estimate of drug-likeness (QED) is 0.578. The lowest BCUT2D eigenvalue weighted by Crippen LogP contribution is -2.49. The summed E-state index contributed by atoms with van der Waals surface area (Å²) in [6.07, 6.45) is -4.97. The summed E-state index contributed by atoms with van der Waals surface area (Å²) in [4.78, 5) is 17.0. The molecular formula is C20H18ClF3N4O4S. The predicted molar refractivity (Wildman–Crippen MR) is 112 cm³/mol. The van der Waals surface area contributed by atoms with Gasteiger partial charge < -0.3 is 9.64 Å². The minimum Gasteiger partial charge on any atom is -0.462 e. The van der Waals surface area contributed by atoms with Gasteiger partial charge in [0, 0.05) is 31.2 Å². The van der Waals surface area contributed by atoms with E-state index >= 15 is 0 Å². The highest BCUT2D eigenvalue weighted by atomic mass is 35.5. The summed E-state index contributed by atoms with van der Waals surface area (Å²) in [5.74, 6) is -1.51. The van der Waals surface area contributed by atoms with Crippen molar-refractivity contribution in [2.45, 2.75) is 18.0 Å². The number of alkyl halides is 3. The number of sulfonamides is 1. The molecular weight excluding hydrogens is 485 g/mol. The highest BCUT2D eigenvalue weighted by Crippen LogP contribution is 2.34. The number of aromatic nitrogens is 1. The molecule has 0 spiro atoms. The highest BCUT2D eigenvalue weighted by molar-refractivity contribution is 7.89. The lowest BCUT2D eigenvalue weighted by Gasteiger charge is -2.35. The standard InChI is InChI=1S/C20H18ClF3N4O4S/c1-2-32-19(29)16-11-13(12-25)18(26-17(16)20(22,23)24)27-7-9-28(10-8-27)33(30,31)15-5-3-14(21)4-6-15/h3-6,11H,2,7-10H2,1H3. The third-order valence-corrected chi connectivity index (χ3v) is 7.04. The normalized spacial score (nSPS) is 15.2. The van der Waals surface area contributed by atoms with Crippen LogP contribution in [0.4, 0.5) is 19.0 Å². The molecule has 176 valence electrons. The number of benzene rings is 1. The van der Waals surface area contributed by atoms with Crippen LogP contribution in [0, 0.1) is 11.3 Å². The lowest BCUT2D eigenvalue weighted by molar-refractivity contribution is -0.141. The van der Waals surface area contributed by atoms with Gasteiger partial charge in [0.1, 0.15) is 11.9 Å². The molecule has 0 radical (unpaired) electrons. The van der Waals surface area contributed by atoms with Crippen molar-refractivity contribution in [3.8, 4) is 6.07 Å². The van der Waals surface area contributed by atoms with Crippen molar-refractivity contribution >= 4 is 33.4 Å². The number of hydrogen-bond donors (Lipinski definition) is 0. The van der Waals surface area contributed by atoms with Crippen LogP contribution in [0.1, 0.15) is 28.5 Å². The maximum absolute atomic E-state index is 13.6. The van der Waals surface area contributed by atoms with Crippen molar-refractivity contribution in [1.82, 2.24) is 9.29 Å². The Bertz CT molecular complexity index is 1190. The molecule has 0 atom stereocenters. The van der Waals surface area contributed by atoms with Crippen molar-refractivity contribution in [1.29, 1.82) is 5.26 Å². The van der Waals surface area contributed by atoms with Gasteiger partial charge in [-0.2, -0.15) is 22.7 Å². The summed E-state index contributed by atoms with van der Waals surface area (Å²) in [5.41, 5.74) is -2.57. The first-order valence-electron chi connectivity index (χ1n) is 9.69. The molecule has 13 heteroatoms. The van der Waals surface area contributed by atoms with E-state index < -0.39 is 33.4 Å². The number of pyridine rings is 1. The van der Waals surface area contributed by atoms with Gasteiger partial charge in [0.25, 0.3) is 0 Å². The first-order chi connectivity index (χ1) is 15.5. The fraction of sp³-hybridized carbons (Fsp3) is 0.350. The number of anilines is 1. The number of carbonyl (C=O) groups is 1. The molecule has 0 unspecified atom stereocenters. The van der Waals surface area contributed by atoms with Crippen LogP contribution >= 0.6 is 11.6 Å². The van der Waals surface area contributed by atoms with E-state index in [0.29, 0.717) is 5.02 Å². The Morgan fingerprint density at radius 2 is 1.82 bits per heavy atom. The molecule has 1 aliphatic rings. The second kappa shape index (κ2) is 9.54. The first kappa shape index (κ1) is 24.8. The van der Waals surface area contributed by atoms with Crippen LogP contribution in [-0.2, 0) is 20.9 Å². The summed E-state index contributed by atoms with van der Waals surface area (Å²) in [6.45, 7) is 1.19. The molecule has 2 aromatic rings. The van der Waals surface area contributed by atoms with Crippen LogP contribution in [0.5, 0.6) is 0 Å². The average Bonchev–Trinajstić information content (AvgIpc) is 2.78. The van der Waals surface area contributed by atoms with E-state index in [0.717, 1.165) is 6.07 Å². The van der Waals surface area contributed by atoms with E-state index in [1.165, 1.54) is 40.4 Å². The Kier molecular flexibility index (Phi) is 7.16. The van der Waals surface area contributed by atoms with Crippen LogP contribution in [0.25, 0.3) is 0 Å². The van der Waals surface area contributed by atoms with Crippen molar-refractivity contribution in [2.75, 3.05) is 37.7 Å². The number of rotatable bonds is 5. The van der Waals surface area contributed by atoms with Crippen LogP contribution in [-0.4, -0.2) is 56.5 Å². The number of hydrogen-bond acceptors (Lipinski definition) is 7. The molecule has 33 heavy (non-hydrogen) atoms. The monoisotopic (exact) mass is 502 g/mol. The highest BCUT2D eigenvalue weighted by Gasteiger charge is 2.40. The zero-order valence-electron chi connectivity index (χ0n) is 17.3. The van der Waals surface area contributed by atoms with Crippen LogP contribution < -0.4 is 4.90 Å². The van der Waals surface area contributed by atoms with E-state index in [9.17, 15) is 31.6 Å². The van der Waals surface area contributed by atoms with Gasteiger partial charge in [-0.15, -0.1) is 0 Å². The topological polar surface area (TPSA) is 104 Å². The molecule has 1 aliphatic heterocycles. The van der Waals surface area contributed by atoms with E-state index in [2.05, 4.69) is 9.72 Å². The SMILES string of the molecule is CCOC(=O)c1cc(C#N)c(N2CCN(S(=O)(=O)c3ccc(Cl)cc3)CC2)nc1C(F)(F)F. The second-order valence-corrected chi connectivity index (χ2v) is 9.31. The lowest BCUT2D eigenvalue weighted by atomic mass is 10.1. The second-order valence-electron chi connectivity index (χ2n) is 6.93. The van der Waals surface area contributed by atoms with Crippen LogP contribution in [0.3, 0.4) is 0 Å². The van der Waals surface area contributed by atoms with Gasteiger partial charge in [0.2, 0.25) is 10.0 Å². The van der Waals surface area contributed by atoms with E-state index in [1.54, 1.807) is 6.07 Å². The van der Waals surface area contributed by atoms with Gasteiger partial charge in [-0.25, -0.2) is 18.2 Å². The predicted octanol–water partition coefficient (Wildman–Crippen LogP) is 3.31. The Morgan fingerprint density at radius 1 is 1.21 bits per heavy atom. The Morgan fingerprint density at radius 3 is 2.33 bits per heavy atom. The number of piperazine rings is 1. The fourth-order valence-corrected chi connectivity index (χ4v) is 4.85. The van der Waals surface area contributed by atoms with Gasteiger partial charge in [0.15, 0.2) is 5.69 Å². The van der Waals surface area contributed by atoms with E-state index in [-0.39, 0.29) is 49.1 Å². The largest absolute Gasteiger partial charge is 0.462 e. The first-order valence-corrected chi connectivity index (χ1v) is 11.5. The molecule has 0 amide bonds. The molecule has 3 rings (SSSR count). The molecule has 8 nitrogen and oxygen atoms in total. The van der Waals surface area contributed by atoms with Gasteiger partial charge in [-0.05, 0) is 37.3 Å². The molecule has 1 aromatic carbocycles. The third-order valence-electron chi connectivity index (χ3n) is 4.88. The van der Waals surface area contributed by atoms with Crippen molar-refractivity contribution in [3.63, 3.8) is 0 Å². The number of ether oxygens (including phenoxy) is 1. The average molecular weight is 503 g/mol. The van der Waals surface area contributed by atoms with Gasteiger partial charge in [0.05, 0.1) is 22.6 Å². The molecule has 0 saturated carbocycles. The minimum absolute atomic E-state index is 0.00938. The number of carbonyl (C=O) groups excluding carboxylic acids is 1. The van der Waals surface area contributed by atoms with Crippen molar-refractivity contribution < 1.29 is 31.1 Å². The third kappa shape index (κ3) is 5.21. The minimum atomic E-state index is -4.97. The molecule has 0 N–H and O–H groups in total. The van der Waals surface area contributed by atoms with Gasteiger partial charge >= 0.3 is 12.1 Å². The molecule has 1 saturated heterocycles. The summed E-state index contributed by atoms with van der Waals surface area (Å²) in [6, 6.07) is 8.18. The summed E-state index contributed by atoms with van der Waals surface area (Å²) in [7, 11) is -3.83. The Labute approximate surface area is 193 Å². The fourth-order valence-electron chi connectivity index (χ4n) is 3.30. The molecule has 1 aromatic heterocycles. The number of esters is 1. The summed E-state index contributed by atoms with van der Waals surface area (Å²) >= 11 is 5.80. The van der Waals surface area contributed by atoms with Gasteiger partial charge in [-0.1, -0.05) is 11.6 Å². The smallest absolute Gasteiger partial charge is 0.434 e. The van der Waals surface area contributed by atoms with Crippen molar-refractivity contribution in [2.24, 2.45) is 0 Å². The van der Waals surface area contributed by atoms with Crippen LogP contribution in [0.15, 0.2) is 35.2 Å². The maximum Gasteiger partial charge on any atom is 0.434 e. The Hall–Kier alpha value is -2.88. The zero-order chi connectivity index (χ0) is 24.4. The van der Waals surface area contributed by atoms with Crippen molar-refractivity contribution in [3.05, 3.63) is 52.2 Å². The number of nitrogens with zero attached hydrogens (tertiary/aromatic N) is 4. The summed E-state index contributed by atoms with van der Waals surface area (Å²) < 4.78 is 72.3. The Balaban J connectivity index is 1.90. The maximum atomic E-state index is 13.6. The van der Waals surface area contributed by atoms with Gasteiger partial charge in [-0.3, -0.25) is 0 Å². The molecule has 1 fully saturated rings. The van der Waals surface area contributed by atoms with Crippen LogP contribution in [0.2, 0.25) is 5.02 Å². The molecule has 0 bridgehead atoms. The summed E-state index contributed by atoms with van der Waals surface area (Å²) in [5, 5.41) is 9.84. The number of nitriles is 1. The zero-order valence-corrected chi connectivity index (χ0v) is 18.8. The van der Waals surface area contributed by atoms with E-state index in [4.69, 9.17) is 11.6 Å². The van der Waals surface area contributed by atoms with E-state index in [1.807, 2.05) is 0 Å². The molecule has 2 heterocycles.